The first-order valence-electron chi connectivity index (χ1n) is 11.7. The number of hydrogen-bond donors (Lipinski definition) is 1. The molecule has 5 rings (SSSR count). The summed E-state index contributed by atoms with van der Waals surface area (Å²) in [5.74, 6) is 0.197. The minimum Gasteiger partial charge on any atom is -0.469 e. The lowest BCUT2D eigenvalue weighted by Gasteiger charge is -2.22. The largest absolute Gasteiger partial charge is 0.469 e. The third-order valence-electron chi connectivity index (χ3n) is 5.91. The van der Waals surface area contributed by atoms with Crippen LogP contribution in [0, 0.1) is 0 Å². The van der Waals surface area contributed by atoms with Crippen molar-refractivity contribution in [3.8, 4) is 16.5 Å². The number of rotatable bonds is 9. The van der Waals surface area contributed by atoms with Gasteiger partial charge in [0.25, 0.3) is 5.91 Å². The van der Waals surface area contributed by atoms with Crippen LogP contribution in [0.25, 0.3) is 10.6 Å². The van der Waals surface area contributed by atoms with Crippen molar-refractivity contribution in [1.29, 1.82) is 0 Å². The van der Waals surface area contributed by atoms with Gasteiger partial charge in [0.05, 0.1) is 5.56 Å². The number of carbonyl (C=O) groups excluding carboxylic acids is 1. The van der Waals surface area contributed by atoms with Crippen LogP contribution in [0.4, 0.5) is 5.13 Å². The van der Waals surface area contributed by atoms with Gasteiger partial charge in [-0.1, -0.05) is 41.7 Å². The number of benzene rings is 1. The summed E-state index contributed by atoms with van der Waals surface area (Å²) in [6, 6.07) is 17.4. The van der Waals surface area contributed by atoms with Gasteiger partial charge >= 0.3 is 0 Å². The smallest absolute Gasteiger partial charge is 0.259 e. The van der Waals surface area contributed by atoms with Gasteiger partial charge in [0.1, 0.15) is 11.1 Å². The fourth-order valence-corrected chi connectivity index (χ4v) is 4.80. The van der Waals surface area contributed by atoms with Crippen LogP contribution < -0.4 is 10.1 Å². The van der Waals surface area contributed by atoms with Gasteiger partial charge in [0, 0.05) is 43.2 Å². The normalized spacial score (nSPS) is 14.5. The maximum atomic E-state index is 12.7. The van der Waals surface area contributed by atoms with Gasteiger partial charge in [-0.2, -0.15) is 0 Å². The van der Waals surface area contributed by atoms with Crippen LogP contribution in [0.1, 0.15) is 41.3 Å². The third kappa shape index (κ3) is 6.06. The van der Waals surface area contributed by atoms with Crippen molar-refractivity contribution in [2.75, 3.05) is 25.0 Å². The van der Waals surface area contributed by atoms with Crippen LogP contribution in [-0.2, 0) is 0 Å². The number of ether oxygens (including phenoxy) is 1. The number of hydrogen-bond acceptors (Lipinski definition) is 8. The van der Waals surface area contributed by atoms with Gasteiger partial charge in [0.15, 0.2) is 0 Å². The Kier molecular flexibility index (Phi) is 7.35. The van der Waals surface area contributed by atoms with E-state index >= 15 is 0 Å². The highest BCUT2D eigenvalue weighted by atomic mass is 32.1. The Morgan fingerprint density at radius 1 is 1.03 bits per heavy atom. The van der Waals surface area contributed by atoms with E-state index in [1.165, 1.54) is 30.4 Å². The predicted molar refractivity (Wildman–Crippen MR) is 135 cm³/mol. The molecule has 0 saturated carbocycles. The van der Waals surface area contributed by atoms with Crippen molar-refractivity contribution in [2.45, 2.75) is 25.4 Å². The quantitative estimate of drug-likeness (QED) is 0.361. The summed E-state index contributed by atoms with van der Waals surface area (Å²) in [7, 11) is 0. The van der Waals surface area contributed by atoms with Crippen LogP contribution in [0.5, 0.6) is 5.88 Å². The lowest BCUT2D eigenvalue weighted by atomic mass is 10.1. The summed E-state index contributed by atoms with van der Waals surface area (Å²) in [5, 5.41) is 12.1. The lowest BCUT2D eigenvalue weighted by molar-refractivity contribution is 0.102. The second kappa shape index (κ2) is 11.2. The first-order chi connectivity index (χ1) is 17.2. The number of carbonyl (C=O) groups is 1. The Labute approximate surface area is 208 Å². The summed E-state index contributed by atoms with van der Waals surface area (Å²) in [6.45, 7) is 3.30. The van der Waals surface area contributed by atoms with E-state index in [1.807, 2.05) is 30.3 Å². The lowest BCUT2D eigenvalue weighted by Crippen LogP contribution is -2.23. The van der Waals surface area contributed by atoms with E-state index < -0.39 is 0 Å². The van der Waals surface area contributed by atoms with E-state index in [2.05, 4.69) is 42.5 Å². The summed E-state index contributed by atoms with van der Waals surface area (Å²) in [6.07, 6.45) is 8.23. The summed E-state index contributed by atoms with van der Waals surface area (Å²) in [4.78, 5) is 23.6. The van der Waals surface area contributed by atoms with Crippen LogP contribution in [0.15, 0.2) is 73.2 Å². The number of aromatic nitrogens is 4. The number of nitrogens with zero attached hydrogens (tertiary/aromatic N) is 5. The molecular formula is C26H26N6O2S. The molecule has 1 fully saturated rings. The molecule has 1 amide bonds. The van der Waals surface area contributed by atoms with Crippen molar-refractivity contribution in [2.24, 2.45) is 0 Å². The Morgan fingerprint density at radius 2 is 1.83 bits per heavy atom. The first-order valence-corrected chi connectivity index (χ1v) is 12.5. The van der Waals surface area contributed by atoms with E-state index in [0.717, 1.165) is 37.2 Å². The van der Waals surface area contributed by atoms with Gasteiger partial charge < -0.3 is 9.64 Å². The fourth-order valence-electron chi connectivity index (χ4n) is 4.05. The zero-order chi connectivity index (χ0) is 23.9. The first kappa shape index (κ1) is 23.1. The van der Waals surface area contributed by atoms with Crippen molar-refractivity contribution < 1.29 is 9.53 Å². The Morgan fingerprint density at radius 3 is 2.57 bits per heavy atom. The maximum Gasteiger partial charge on any atom is 0.259 e. The van der Waals surface area contributed by atoms with Gasteiger partial charge in [0.2, 0.25) is 11.0 Å². The molecule has 1 saturated heterocycles. The Balaban J connectivity index is 1.22. The molecule has 4 heterocycles. The Hall–Kier alpha value is -3.69. The zero-order valence-corrected chi connectivity index (χ0v) is 20.0. The maximum absolute atomic E-state index is 12.7. The van der Waals surface area contributed by atoms with Crippen molar-refractivity contribution in [1.82, 2.24) is 25.1 Å². The molecule has 9 heteroatoms. The van der Waals surface area contributed by atoms with Gasteiger partial charge in [-0.3, -0.25) is 15.1 Å². The van der Waals surface area contributed by atoms with Crippen molar-refractivity contribution in [3.63, 3.8) is 0 Å². The SMILES string of the molecule is O=C(Nc1nnc(-c2ccncc2)s1)c1ccc(OC(CCN2CCCC2)c2ccccc2)nc1. The van der Waals surface area contributed by atoms with E-state index in [-0.39, 0.29) is 12.0 Å². The second-order valence-electron chi connectivity index (χ2n) is 8.34. The second-order valence-corrected chi connectivity index (χ2v) is 9.32. The number of anilines is 1. The van der Waals surface area contributed by atoms with Crippen LogP contribution in [-0.4, -0.2) is 50.6 Å². The molecule has 4 aromatic rings. The number of nitrogens with one attached hydrogen (secondary N) is 1. The molecule has 1 N–H and O–H groups in total. The zero-order valence-electron chi connectivity index (χ0n) is 19.2. The highest BCUT2D eigenvalue weighted by Gasteiger charge is 2.19. The number of likely N-dealkylation sites (tertiary alicyclic amines) is 1. The van der Waals surface area contributed by atoms with E-state index in [4.69, 9.17) is 4.74 Å². The highest BCUT2D eigenvalue weighted by Crippen LogP contribution is 2.27. The summed E-state index contributed by atoms with van der Waals surface area (Å²) in [5.41, 5.74) is 2.45. The third-order valence-corrected chi connectivity index (χ3v) is 6.80. The van der Waals surface area contributed by atoms with Crippen molar-refractivity contribution >= 4 is 22.4 Å². The molecule has 0 aliphatic carbocycles. The molecule has 3 aromatic heterocycles. The predicted octanol–water partition coefficient (Wildman–Crippen LogP) is 4.85. The molecule has 8 nitrogen and oxygen atoms in total. The van der Waals surface area contributed by atoms with Gasteiger partial charge in [-0.15, -0.1) is 10.2 Å². The molecule has 0 bridgehead atoms. The molecule has 1 aromatic carbocycles. The molecule has 1 unspecified atom stereocenters. The molecule has 35 heavy (non-hydrogen) atoms. The molecule has 1 aliphatic rings. The summed E-state index contributed by atoms with van der Waals surface area (Å²) >= 11 is 1.30. The van der Waals surface area contributed by atoms with E-state index in [0.29, 0.717) is 21.6 Å². The van der Waals surface area contributed by atoms with Gasteiger partial charge in [-0.05, 0) is 49.7 Å². The standard InChI is InChI=1S/C26H26N6O2S/c33-24(29-26-31-30-25(35-26)20-10-13-27-14-11-20)21-8-9-23(28-18-21)34-22(19-6-2-1-3-7-19)12-17-32-15-4-5-16-32/h1-3,6-11,13-14,18,22H,4-5,12,15-17H2,(H,29,31,33). The summed E-state index contributed by atoms with van der Waals surface area (Å²) < 4.78 is 6.27. The molecule has 1 atom stereocenters. The molecule has 1 aliphatic heterocycles. The van der Waals surface area contributed by atoms with Crippen molar-refractivity contribution in [3.05, 3.63) is 84.3 Å². The average molecular weight is 487 g/mol. The van der Waals surface area contributed by atoms with Crippen LogP contribution >= 0.6 is 11.3 Å². The van der Waals surface area contributed by atoms with Crippen LogP contribution in [0.2, 0.25) is 0 Å². The number of pyridine rings is 2. The van der Waals surface area contributed by atoms with Crippen LogP contribution in [0.3, 0.4) is 0 Å². The minimum atomic E-state index is -0.296. The topological polar surface area (TPSA) is 93.1 Å². The van der Waals surface area contributed by atoms with Gasteiger partial charge in [-0.25, -0.2) is 4.98 Å². The molecule has 178 valence electrons. The van der Waals surface area contributed by atoms with E-state index in [1.54, 1.807) is 24.5 Å². The average Bonchev–Trinajstić information content (AvgIpc) is 3.60. The Bertz CT molecular complexity index is 1230. The molecule has 0 radical (unpaired) electrons. The minimum absolute atomic E-state index is 0.100. The molecule has 0 spiro atoms. The highest BCUT2D eigenvalue weighted by molar-refractivity contribution is 7.18. The number of amides is 1. The van der Waals surface area contributed by atoms with E-state index in [9.17, 15) is 4.79 Å². The fraction of sp³-hybridized carbons (Fsp3) is 0.269. The monoisotopic (exact) mass is 486 g/mol. The molecular weight excluding hydrogens is 460 g/mol.